The van der Waals surface area contributed by atoms with Gasteiger partial charge in [0.1, 0.15) is 34.5 Å². The van der Waals surface area contributed by atoms with E-state index in [4.69, 9.17) is 34.2 Å². The van der Waals surface area contributed by atoms with Crippen LogP contribution >= 0.6 is 0 Å². The monoisotopic (exact) mass is 1480 g/mol. The highest BCUT2D eigenvalue weighted by Crippen LogP contribution is 2.30. The molecule has 21 heteroatoms. The summed E-state index contributed by atoms with van der Waals surface area (Å²) >= 11 is 0. The third-order valence-corrected chi connectivity index (χ3v) is 18.3. The SMILES string of the molecule is C=CCN(C)CCc1c[nH]c2ccc(OC)cc12.C=CCN(CC=C)CCc1c[nH]c2ccc(OC)cc12.CC(=O)Oc1ccc2[nH]cc(CCN(C)C)c2c1.CC(=O)Oc1ccc2[nH]cc(CCN)c2c1.CCCN(CCC)CCc1c[nH]c2ccc(OC)cc12.CNCCc1c[nH]c2ccc(OC(C)=O)cc12. The van der Waals surface area contributed by atoms with Crippen molar-refractivity contribution < 1.29 is 42.8 Å². The Balaban J connectivity index is 0.000000182. The lowest BCUT2D eigenvalue weighted by Crippen LogP contribution is -2.27. The van der Waals surface area contributed by atoms with E-state index in [9.17, 15) is 14.4 Å². The topological polar surface area (TPSA) is 252 Å². The molecule has 6 heterocycles. The number of nitrogens with one attached hydrogen (secondary N) is 7. The van der Waals surface area contributed by atoms with Gasteiger partial charge in [-0.25, -0.2) is 0 Å². The van der Waals surface area contributed by atoms with Crippen molar-refractivity contribution in [1.29, 1.82) is 0 Å². The van der Waals surface area contributed by atoms with Crippen LogP contribution < -0.4 is 39.5 Å². The van der Waals surface area contributed by atoms with Crippen LogP contribution in [-0.4, -0.2) is 189 Å². The molecule has 9 N–H and O–H groups in total. The van der Waals surface area contributed by atoms with Gasteiger partial charge in [0.15, 0.2) is 0 Å². The number of H-pyrrole nitrogens is 6. The molecule has 0 bridgehead atoms. The van der Waals surface area contributed by atoms with Crippen LogP contribution in [0.4, 0.5) is 0 Å². The summed E-state index contributed by atoms with van der Waals surface area (Å²) in [6.07, 6.45) is 26.3. The van der Waals surface area contributed by atoms with E-state index in [0.29, 0.717) is 23.8 Å². The minimum absolute atomic E-state index is 0.292. The number of methoxy groups -OCH3 is 3. The number of carbonyl (C=O) groups excluding carboxylic acids is 3. The fraction of sp³-hybridized carbons (Fsp3) is 0.352. The summed E-state index contributed by atoms with van der Waals surface area (Å²) in [5.41, 5.74) is 19.8. The van der Waals surface area contributed by atoms with E-state index in [1.54, 1.807) is 39.5 Å². The molecule has 0 saturated heterocycles. The third-order valence-electron chi connectivity index (χ3n) is 18.3. The molecule has 12 aromatic rings. The molecule has 0 amide bonds. The molecular weight excluding hydrogens is 1370 g/mol. The van der Waals surface area contributed by atoms with E-state index in [1.807, 2.05) is 98.5 Å². The number of likely N-dealkylation sites (N-methyl/N-ethyl adjacent to an activating group) is 3. The van der Waals surface area contributed by atoms with Crippen LogP contribution in [0.15, 0.2) is 184 Å². The zero-order valence-electron chi connectivity index (χ0n) is 66.2. The molecule has 6 aromatic carbocycles. The highest BCUT2D eigenvalue weighted by molar-refractivity contribution is 5.89. The molecule has 0 aliphatic heterocycles. The molecular formula is C88H116N12O9. The van der Waals surface area contributed by atoms with Crippen LogP contribution in [0.3, 0.4) is 0 Å². The van der Waals surface area contributed by atoms with Crippen LogP contribution in [0.25, 0.3) is 65.4 Å². The number of nitrogens with zero attached hydrogens (tertiary/aromatic N) is 4. The Morgan fingerprint density at radius 2 is 0.679 bits per heavy atom. The van der Waals surface area contributed by atoms with Gasteiger partial charge in [-0.1, -0.05) is 32.1 Å². The van der Waals surface area contributed by atoms with Crippen LogP contribution in [-0.2, 0) is 52.9 Å². The van der Waals surface area contributed by atoms with E-state index < -0.39 is 0 Å². The van der Waals surface area contributed by atoms with Gasteiger partial charge in [-0.2, -0.15) is 0 Å². The van der Waals surface area contributed by atoms with Crippen LogP contribution in [0, 0.1) is 0 Å². The fourth-order valence-corrected chi connectivity index (χ4v) is 12.8. The van der Waals surface area contributed by atoms with Crippen molar-refractivity contribution in [3.8, 4) is 34.5 Å². The van der Waals surface area contributed by atoms with Gasteiger partial charge in [-0.3, -0.25) is 19.3 Å². The Morgan fingerprint density at radius 1 is 0.394 bits per heavy atom. The maximum Gasteiger partial charge on any atom is 0.308 e. The summed E-state index contributed by atoms with van der Waals surface area (Å²) in [5, 5.41) is 10.2. The predicted molar refractivity (Wildman–Crippen MR) is 449 cm³/mol. The molecule has 0 saturated carbocycles. The van der Waals surface area contributed by atoms with Crippen molar-refractivity contribution in [2.24, 2.45) is 5.73 Å². The third kappa shape index (κ3) is 26.9. The first kappa shape index (κ1) is 85.6. The number of rotatable bonds is 33. The number of aromatic amines is 6. The first-order chi connectivity index (χ1) is 52.8. The van der Waals surface area contributed by atoms with Gasteiger partial charge in [0, 0.05) is 169 Å². The molecule has 0 unspecified atom stereocenters. The number of nitrogens with two attached hydrogens (primary N) is 1. The Bertz CT molecular complexity index is 4790. The minimum atomic E-state index is -0.310. The standard InChI is InChI=1S/C17H26N2O.C17H22N2O.C15H20N2O.C14H18N2O2.C13H16N2O2.C12H14N2O2/c2*1-4-9-19(10-5-2)11-8-14-13-18-17-7-6-15(20-3)12-16(14)17;1-4-8-17(2)9-7-12-11-16-15-6-5-13(18-3)10-14(12)15;1-10(17)18-12-4-5-14-13(8-12)11(9-15-14)6-7-16(2)3;1-9(16)17-11-3-4-13-12(7-11)10(8-15-13)5-6-14-2;1-8(15)16-10-2-3-12-11(6-10)9(4-5-13)7-14-12/h6-7,12-13,18H,4-5,8-11H2,1-3H3;4-7,12-13,18H,1-2,8-11H2,3H3;4-6,10-11,16H,1,7-9H2,2-3H3;4-5,8-9,15H,6-7H2,1-3H3;3-4,7-8,14-15H,5-6H2,1-2H3;2-3,6-7,14H,4-5,13H2,1H3. The quantitative estimate of drug-likeness (QED) is 0.0108. The van der Waals surface area contributed by atoms with Crippen molar-refractivity contribution in [3.63, 3.8) is 0 Å². The summed E-state index contributed by atoms with van der Waals surface area (Å²) in [6.45, 7) is 30.8. The van der Waals surface area contributed by atoms with Gasteiger partial charge in [-0.05, 0) is 248 Å². The van der Waals surface area contributed by atoms with Gasteiger partial charge < -0.3 is 84.1 Å². The smallest absolute Gasteiger partial charge is 0.308 e. The number of benzene rings is 6. The highest BCUT2D eigenvalue weighted by Gasteiger charge is 2.14. The molecule has 0 atom stereocenters. The molecule has 6 aromatic heterocycles. The number of hydrogen-bond donors (Lipinski definition) is 8. The van der Waals surface area contributed by atoms with E-state index in [2.05, 4.69) is 165 Å². The van der Waals surface area contributed by atoms with Crippen LogP contribution in [0.5, 0.6) is 34.5 Å². The summed E-state index contributed by atoms with van der Waals surface area (Å²) in [5.74, 6) is 3.59. The zero-order valence-corrected chi connectivity index (χ0v) is 66.2. The zero-order chi connectivity index (χ0) is 78.6. The van der Waals surface area contributed by atoms with Crippen LogP contribution in [0.2, 0.25) is 0 Å². The molecule has 0 radical (unpaired) electrons. The summed E-state index contributed by atoms with van der Waals surface area (Å²) < 4.78 is 31.1. The highest BCUT2D eigenvalue weighted by atomic mass is 16.5. The van der Waals surface area contributed by atoms with E-state index in [1.165, 1.54) is 96.2 Å². The summed E-state index contributed by atoms with van der Waals surface area (Å²) in [4.78, 5) is 61.5. The Morgan fingerprint density at radius 3 is 0.963 bits per heavy atom. The second-order valence-corrected chi connectivity index (χ2v) is 26.9. The van der Waals surface area contributed by atoms with Gasteiger partial charge >= 0.3 is 17.9 Å². The predicted octanol–water partition coefficient (Wildman–Crippen LogP) is 15.7. The van der Waals surface area contributed by atoms with E-state index in [0.717, 1.165) is 157 Å². The van der Waals surface area contributed by atoms with E-state index in [-0.39, 0.29) is 17.9 Å². The average molecular weight is 1490 g/mol. The van der Waals surface area contributed by atoms with Gasteiger partial charge in [0.2, 0.25) is 0 Å². The lowest BCUT2D eigenvalue weighted by molar-refractivity contribution is -0.132. The Kier molecular flexibility index (Phi) is 35.5. The maximum absolute atomic E-state index is 11.0. The lowest BCUT2D eigenvalue weighted by Gasteiger charge is -2.20. The molecule has 109 heavy (non-hydrogen) atoms. The van der Waals surface area contributed by atoms with Crippen molar-refractivity contribution in [1.82, 2.24) is 54.8 Å². The van der Waals surface area contributed by atoms with Crippen molar-refractivity contribution >= 4 is 83.3 Å². The minimum Gasteiger partial charge on any atom is -0.497 e. The maximum atomic E-state index is 11.0. The Labute approximate surface area is 643 Å². The molecule has 0 spiro atoms. The molecule has 0 fully saturated rings. The first-order valence-corrected chi connectivity index (χ1v) is 37.5. The van der Waals surface area contributed by atoms with Gasteiger partial charge in [-0.15, -0.1) is 19.7 Å². The first-order valence-electron chi connectivity index (χ1n) is 37.5. The normalized spacial score (nSPS) is 11.0. The molecule has 12 rings (SSSR count). The number of esters is 3. The molecule has 21 nitrogen and oxygen atoms in total. The van der Waals surface area contributed by atoms with Crippen molar-refractivity contribution in [3.05, 3.63) is 218 Å². The summed E-state index contributed by atoms with van der Waals surface area (Å²) in [7, 11) is 13.3. The average Bonchev–Trinajstić information content (AvgIpc) is 1.98. The number of fused-ring (bicyclic) bond motifs is 6. The van der Waals surface area contributed by atoms with Crippen molar-refractivity contribution in [2.75, 3.05) is 122 Å². The number of hydrogen-bond acceptors (Lipinski definition) is 15. The lowest BCUT2D eigenvalue weighted by atomic mass is 10.1. The van der Waals surface area contributed by atoms with E-state index >= 15 is 0 Å². The fourth-order valence-electron chi connectivity index (χ4n) is 12.8. The number of carbonyl (C=O) groups is 3. The second kappa shape index (κ2) is 45.2. The Hall–Kier alpha value is -10.7. The van der Waals surface area contributed by atoms with Crippen LogP contribution in [0.1, 0.15) is 80.8 Å². The second-order valence-electron chi connectivity index (χ2n) is 26.9. The van der Waals surface area contributed by atoms with Crippen molar-refractivity contribution in [2.45, 2.75) is 86.0 Å². The number of ether oxygens (including phenoxy) is 6. The number of aromatic nitrogens is 6. The summed E-state index contributed by atoms with van der Waals surface area (Å²) in [6, 6.07) is 35.3. The van der Waals surface area contributed by atoms with Gasteiger partial charge in [0.25, 0.3) is 0 Å². The molecule has 0 aliphatic carbocycles. The van der Waals surface area contributed by atoms with Gasteiger partial charge in [0.05, 0.1) is 21.3 Å². The molecule has 582 valence electrons. The molecule has 0 aliphatic rings. The largest absolute Gasteiger partial charge is 0.497 e.